The average Bonchev–Trinajstić information content (AvgIpc) is 3.28. The van der Waals surface area contributed by atoms with Gasteiger partial charge < -0.3 is 1.43 Å². The Bertz CT molecular complexity index is 1020. The van der Waals surface area contributed by atoms with Crippen LogP contribution in [0.4, 0.5) is 0 Å². The van der Waals surface area contributed by atoms with Gasteiger partial charge in [-0.1, -0.05) is 107 Å². The van der Waals surface area contributed by atoms with E-state index in [1.54, 1.807) is 22.3 Å². The van der Waals surface area contributed by atoms with Crippen LogP contribution in [0.2, 0.25) is 26.2 Å². The molecule has 2 aliphatic carbocycles. The Morgan fingerprint density at radius 3 is 1.87 bits per heavy atom. The van der Waals surface area contributed by atoms with Gasteiger partial charge in [0.15, 0.2) is 0 Å². The fraction of sp³-hybridized carbons (Fsp3) is 0.429. The summed E-state index contributed by atoms with van der Waals surface area (Å²) in [6.45, 7) is 17.9. The first-order valence-electron chi connectivity index (χ1n) is 11.8. The summed E-state index contributed by atoms with van der Waals surface area (Å²) in [5.41, 5.74) is 10.7. The van der Waals surface area contributed by atoms with E-state index in [9.17, 15) is 0 Å². The third-order valence-corrected chi connectivity index (χ3v) is 27.8. The van der Waals surface area contributed by atoms with Crippen LogP contribution in [0.15, 0.2) is 60.7 Å². The first-order valence-corrected chi connectivity index (χ1v) is 18.9. The number of hydrogen-bond acceptors (Lipinski definition) is 0. The topological polar surface area (TPSA) is 0 Å². The second-order valence-electron chi connectivity index (χ2n) is 10.7. The summed E-state index contributed by atoms with van der Waals surface area (Å²) in [6, 6.07) is 18.5. The van der Waals surface area contributed by atoms with Crippen molar-refractivity contribution in [3.8, 4) is 0 Å². The molecule has 31 heavy (non-hydrogen) atoms. The van der Waals surface area contributed by atoms with E-state index in [0.29, 0.717) is 17.0 Å². The molecule has 0 amide bonds. The molecule has 4 rings (SSSR count). The zero-order chi connectivity index (χ0) is 21.7. The summed E-state index contributed by atoms with van der Waals surface area (Å²) in [4.78, 5) is 0. The zero-order valence-corrected chi connectivity index (χ0v) is 22.9. The Kier molecular flexibility index (Phi) is 7.19. The van der Waals surface area contributed by atoms with E-state index >= 15 is 0 Å². The molecule has 0 aliphatic heterocycles. The van der Waals surface area contributed by atoms with Crippen LogP contribution in [0, 0.1) is 5.92 Å². The molecule has 0 nitrogen and oxygen atoms in total. The van der Waals surface area contributed by atoms with E-state index in [0.717, 1.165) is 0 Å². The second-order valence-corrected chi connectivity index (χ2v) is 26.6. The third kappa shape index (κ3) is 3.95. The maximum Gasteiger partial charge on any atom is 1.00 e. The summed E-state index contributed by atoms with van der Waals surface area (Å²) in [5, 5.41) is 0. The molecule has 2 aromatic rings. The van der Waals surface area contributed by atoms with Crippen LogP contribution in [-0.4, -0.2) is 15.2 Å². The molecule has 0 saturated heterocycles. The Labute approximate surface area is 205 Å². The smallest absolute Gasteiger partial charge is 1.00 e. The van der Waals surface area contributed by atoms with Gasteiger partial charge in [0.05, 0.1) is 15.2 Å². The van der Waals surface area contributed by atoms with Crippen molar-refractivity contribution in [2.45, 2.75) is 70.9 Å². The van der Waals surface area contributed by atoms with Gasteiger partial charge in [-0.05, 0) is 63.7 Å². The number of hydrogen-bond donors (Lipinski definition) is 0. The van der Waals surface area contributed by atoms with Gasteiger partial charge in [0.25, 0.3) is 0 Å². The molecule has 0 saturated carbocycles. The number of allylic oxidation sites excluding steroid dienone is 4. The molecule has 3 heteroatoms. The van der Waals surface area contributed by atoms with Crippen LogP contribution < -0.4 is 18.9 Å². The Morgan fingerprint density at radius 2 is 1.29 bits per heavy atom. The maximum absolute atomic E-state index is 2.73. The summed E-state index contributed by atoms with van der Waals surface area (Å²) in [7, 11) is -3.19. The van der Waals surface area contributed by atoms with E-state index < -0.39 is 15.2 Å². The van der Waals surface area contributed by atoms with Crippen LogP contribution in [-0.2, 0) is 0 Å². The van der Waals surface area contributed by atoms with Gasteiger partial charge in [0.2, 0.25) is 0 Å². The van der Waals surface area contributed by atoms with Gasteiger partial charge in [0.1, 0.15) is 0 Å². The fourth-order valence-electron chi connectivity index (χ4n) is 5.96. The van der Waals surface area contributed by atoms with E-state index in [-0.39, 0.29) is 20.3 Å². The standard InChI is InChI=1S/C28H38Si2.Li.H/c1-8-13-20(2)26-19-28(25-17-12-10-15-23(25)26)30(6,7)29(4,5)27-18-21(3)22-14-9-11-16-24(22)27;;/h9-12,14-20,27-28H,8,13H2,1-7H3;;/q;+1;-1. The van der Waals surface area contributed by atoms with E-state index in [1.165, 1.54) is 24.0 Å². The molecule has 0 bridgehead atoms. The molecule has 0 heterocycles. The zero-order valence-electron chi connectivity index (χ0n) is 21.9. The van der Waals surface area contributed by atoms with Gasteiger partial charge in [-0.15, -0.1) is 0 Å². The quantitative estimate of drug-likeness (QED) is 0.523. The molecule has 160 valence electrons. The van der Waals surface area contributed by atoms with Crippen molar-refractivity contribution in [2.75, 3.05) is 0 Å². The monoisotopic (exact) mass is 438 g/mol. The van der Waals surface area contributed by atoms with Crippen molar-refractivity contribution in [3.63, 3.8) is 0 Å². The van der Waals surface area contributed by atoms with Crippen LogP contribution >= 0.6 is 0 Å². The van der Waals surface area contributed by atoms with Crippen molar-refractivity contribution >= 4 is 26.3 Å². The predicted molar refractivity (Wildman–Crippen MR) is 140 cm³/mol. The summed E-state index contributed by atoms with van der Waals surface area (Å²) in [5.74, 6) is 0.657. The number of benzene rings is 2. The van der Waals surface area contributed by atoms with Gasteiger partial charge >= 0.3 is 18.9 Å². The molecular weight excluding hydrogens is 399 g/mol. The molecule has 0 radical (unpaired) electrons. The third-order valence-electron chi connectivity index (χ3n) is 8.56. The Morgan fingerprint density at radius 1 is 0.806 bits per heavy atom. The maximum atomic E-state index is 2.73. The summed E-state index contributed by atoms with van der Waals surface area (Å²) >= 11 is 0. The average molecular weight is 439 g/mol. The normalized spacial score (nSPS) is 21.0. The minimum Gasteiger partial charge on any atom is -1.00 e. The first-order chi connectivity index (χ1) is 14.2. The van der Waals surface area contributed by atoms with Crippen molar-refractivity contribution in [1.82, 2.24) is 0 Å². The van der Waals surface area contributed by atoms with Crippen molar-refractivity contribution < 1.29 is 20.3 Å². The van der Waals surface area contributed by atoms with Crippen molar-refractivity contribution in [2.24, 2.45) is 5.92 Å². The molecular formula is C28H39LiSi2. The minimum atomic E-state index is -1.60. The predicted octanol–water partition coefficient (Wildman–Crippen LogP) is 5.49. The molecule has 0 fully saturated rings. The van der Waals surface area contributed by atoms with E-state index in [1.807, 2.05) is 0 Å². The molecule has 2 aliphatic rings. The first kappa shape index (κ1) is 24.6. The molecule has 0 N–H and O–H groups in total. The minimum absolute atomic E-state index is 0. The molecule has 3 unspecified atom stereocenters. The molecule has 3 atom stereocenters. The summed E-state index contributed by atoms with van der Waals surface area (Å²) < 4.78 is 0. The van der Waals surface area contributed by atoms with Crippen LogP contribution in [0.3, 0.4) is 0 Å². The fourth-order valence-corrected chi connectivity index (χ4v) is 17.1. The largest absolute Gasteiger partial charge is 1.00 e. The van der Waals surface area contributed by atoms with Crippen LogP contribution in [0.25, 0.3) is 11.1 Å². The Hall–Kier alpha value is -1.05. The van der Waals surface area contributed by atoms with Gasteiger partial charge in [-0.2, -0.15) is 0 Å². The van der Waals surface area contributed by atoms with Gasteiger partial charge in [0, 0.05) is 0 Å². The van der Waals surface area contributed by atoms with Gasteiger partial charge in [-0.25, -0.2) is 0 Å². The SMILES string of the molecule is CCCC(C)C1=CC([Si](C)(C)[Si](C)(C)C2C=C(C)c3ccccc32)c2ccccc21.[H-].[Li+]. The van der Waals surface area contributed by atoms with Crippen molar-refractivity contribution in [1.29, 1.82) is 0 Å². The van der Waals surface area contributed by atoms with Crippen LogP contribution in [0.1, 0.15) is 68.4 Å². The molecule has 2 aromatic carbocycles. The van der Waals surface area contributed by atoms with E-state index in [2.05, 4.69) is 108 Å². The molecule has 0 spiro atoms. The van der Waals surface area contributed by atoms with Gasteiger partial charge in [-0.3, -0.25) is 0 Å². The van der Waals surface area contributed by atoms with E-state index in [4.69, 9.17) is 0 Å². The number of fused-ring (bicyclic) bond motifs is 2. The second kappa shape index (κ2) is 9.07. The molecule has 0 aromatic heterocycles. The van der Waals surface area contributed by atoms with Crippen LogP contribution in [0.5, 0.6) is 0 Å². The number of rotatable bonds is 6. The Balaban J connectivity index is 0.00000181. The summed E-state index contributed by atoms with van der Waals surface area (Å²) in [6.07, 6.45) is 7.89. The van der Waals surface area contributed by atoms with Crippen molar-refractivity contribution in [3.05, 3.63) is 82.9 Å².